The fourth-order valence-electron chi connectivity index (χ4n) is 2.10. The summed E-state index contributed by atoms with van der Waals surface area (Å²) < 4.78 is 0. The minimum absolute atomic E-state index is 0.120. The van der Waals surface area contributed by atoms with Crippen molar-refractivity contribution in [2.75, 3.05) is 0 Å². The number of aliphatic carboxylic acids is 1. The Morgan fingerprint density at radius 3 is 2.55 bits per heavy atom. The first kappa shape index (κ1) is 16.2. The molecule has 6 heteroatoms. The van der Waals surface area contributed by atoms with E-state index in [9.17, 15) is 14.7 Å². The van der Waals surface area contributed by atoms with Crippen LogP contribution in [0.5, 0.6) is 0 Å². The Balaban J connectivity index is 2.16. The largest absolute Gasteiger partial charge is 0.480 e. The lowest BCUT2D eigenvalue weighted by Gasteiger charge is -2.26. The zero-order chi connectivity index (χ0) is 16.1. The highest BCUT2D eigenvalue weighted by atomic mass is 32.1. The Morgan fingerprint density at radius 2 is 2.00 bits per heavy atom. The summed E-state index contributed by atoms with van der Waals surface area (Å²) in [6.07, 6.45) is 0.120. The van der Waals surface area contributed by atoms with Gasteiger partial charge in [0.15, 0.2) is 0 Å². The van der Waals surface area contributed by atoms with Gasteiger partial charge in [-0.2, -0.15) is 0 Å². The molecule has 22 heavy (non-hydrogen) atoms. The fourth-order valence-corrected chi connectivity index (χ4v) is 2.71. The summed E-state index contributed by atoms with van der Waals surface area (Å²) in [5, 5.41) is 12.0. The van der Waals surface area contributed by atoms with Crippen LogP contribution in [0.15, 0.2) is 35.7 Å². The molecule has 0 aliphatic carbocycles. The van der Waals surface area contributed by atoms with Crippen LogP contribution in [0.3, 0.4) is 0 Å². The molecular formula is C16H18N2O3S. The molecule has 1 aromatic carbocycles. The highest BCUT2D eigenvalue weighted by Crippen LogP contribution is 2.14. The molecule has 0 radical (unpaired) electrons. The number of benzene rings is 1. The Labute approximate surface area is 133 Å². The van der Waals surface area contributed by atoms with Crippen LogP contribution in [-0.2, 0) is 22.6 Å². The molecule has 1 unspecified atom stereocenters. The highest BCUT2D eigenvalue weighted by Gasteiger charge is 2.26. The molecule has 0 fully saturated rings. The third kappa shape index (κ3) is 4.14. The molecule has 0 aliphatic heterocycles. The number of hydrogen-bond acceptors (Lipinski definition) is 4. The van der Waals surface area contributed by atoms with E-state index < -0.39 is 12.0 Å². The molecule has 1 aromatic heterocycles. The van der Waals surface area contributed by atoms with Gasteiger partial charge in [0, 0.05) is 11.9 Å². The van der Waals surface area contributed by atoms with E-state index in [2.05, 4.69) is 4.98 Å². The predicted molar refractivity (Wildman–Crippen MR) is 84.6 cm³/mol. The molecule has 1 amide bonds. The lowest BCUT2D eigenvalue weighted by atomic mass is 10.1. The van der Waals surface area contributed by atoms with Crippen molar-refractivity contribution in [1.82, 2.24) is 9.88 Å². The van der Waals surface area contributed by atoms with E-state index in [0.29, 0.717) is 5.69 Å². The van der Waals surface area contributed by atoms with Gasteiger partial charge in [0.1, 0.15) is 6.04 Å². The Kier molecular flexibility index (Phi) is 5.27. The highest BCUT2D eigenvalue weighted by molar-refractivity contribution is 7.09. The molecule has 0 aliphatic rings. The number of carbonyl (C=O) groups is 2. The van der Waals surface area contributed by atoms with Crippen LogP contribution in [-0.4, -0.2) is 32.9 Å². The van der Waals surface area contributed by atoms with Crippen molar-refractivity contribution in [1.29, 1.82) is 0 Å². The number of rotatable bonds is 6. The molecule has 0 saturated carbocycles. The molecule has 0 spiro atoms. The van der Waals surface area contributed by atoms with Crippen LogP contribution in [0.2, 0.25) is 0 Å². The van der Waals surface area contributed by atoms with E-state index in [-0.39, 0.29) is 18.9 Å². The Morgan fingerprint density at radius 1 is 1.32 bits per heavy atom. The van der Waals surface area contributed by atoms with Gasteiger partial charge in [-0.1, -0.05) is 30.3 Å². The maximum Gasteiger partial charge on any atom is 0.326 e. The van der Waals surface area contributed by atoms with Crippen molar-refractivity contribution in [2.45, 2.75) is 32.9 Å². The summed E-state index contributed by atoms with van der Waals surface area (Å²) in [5.41, 5.74) is 1.58. The molecule has 2 aromatic rings. The second kappa shape index (κ2) is 7.17. The molecule has 116 valence electrons. The van der Waals surface area contributed by atoms with Gasteiger partial charge in [0.2, 0.25) is 5.91 Å². The van der Waals surface area contributed by atoms with Gasteiger partial charge in [0.05, 0.1) is 17.1 Å². The number of carbonyl (C=O) groups excluding carboxylic acids is 1. The fraction of sp³-hybridized carbons (Fsp3) is 0.312. The number of carboxylic acids is 1. The number of hydrogen-bond donors (Lipinski definition) is 1. The summed E-state index contributed by atoms with van der Waals surface area (Å²) in [6, 6.07) is 8.49. The lowest BCUT2D eigenvalue weighted by Crippen LogP contribution is -2.43. The van der Waals surface area contributed by atoms with Crippen molar-refractivity contribution in [3.8, 4) is 0 Å². The first-order chi connectivity index (χ1) is 10.5. The van der Waals surface area contributed by atoms with Gasteiger partial charge < -0.3 is 10.0 Å². The van der Waals surface area contributed by atoms with Gasteiger partial charge in [-0.05, 0) is 19.4 Å². The molecule has 1 heterocycles. The SMILES string of the molecule is Cc1nc(CC(=O)N(Cc2ccccc2)C(C)C(=O)O)cs1. The van der Waals surface area contributed by atoms with E-state index >= 15 is 0 Å². The van der Waals surface area contributed by atoms with Gasteiger partial charge >= 0.3 is 5.97 Å². The summed E-state index contributed by atoms with van der Waals surface area (Å²) in [6.45, 7) is 3.67. The topological polar surface area (TPSA) is 70.5 Å². The normalized spacial score (nSPS) is 11.9. The Hall–Kier alpha value is -2.21. The molecule has 0 saturated heterocycles. The van der Waals surface area contributed by atoms with E-state index in [1.54, 1.807) is 0 Å². The maximum absolute atomic E-state index is 12.5. The monoisotopic (exact) mass is 318 g/mol. The van der Waals surface area contributed by atoms with Gasteiger partial charge in [-0.3, -0.25) is 4.79 Å². The quantitative estimate of drug-likeness (QED) is 0.888. The minimum atomic E-state index is -1.02. The van der Waals surface area contributed by atoms with E-state index in [1.807, 2.05) is 42.6 Å². The number of amides is 1. The first-order valence-corrected chi connectivity index (χ1v) is 7.82. The average Bonchev–Trinajstić information content (AvgIpc) is 2.90. The number of carboxylic acid groups (broad SMARTS) is 1. The minimum Gasteiger partial charge on any atom is -0.480 e. The van der Waals surface area contributed by atoms with E-state index in [0.717, 1.165) is 10.6 Å². The lowest BCUT2D eigenvalue weighted by molar-refractivity contribution is -0.149. The molecule has 1 N–H and O–H groups in total. The van der Waals surface area contributed by atoms with Crippen LogP contribution in [0, 0.1) is 6.92 Å². The van der Waals surface area contributed by atoms with Crippen molar-refractivity contribution in [3.05, 3.63) is 52.0 Å². The Bertz CT molecular complexity index is 654. The van der Waals surface area contributed by atoms with Crippen LogP contribution < -0.4 is 0 Å². The van der Waals surface area contributed by atoms with Gasteiger partial charge in [-0.25, -0.2) is 9.78 Å². The summed E-state index contributed by atoms with van der Waals surface area (Å²) in [4.78, 5) is 29.4. The third-order valence-corrected chi connectivity index (χ3v) is 4.16. The van der Waals surface area contributed by atoms with Crippen molar-refractivity contribution in [3.63, 3.8) is 0 Å². The second-order valence-electron chi connectivity index (χ2n) is 5.06. The van der Waals surface area contributed by atoms with Gasteiger partial charge in [0.25, 0.3) is 0 Å². The average molecular weight is 318 g/mol. The number of nitrogens with zero attached hydrogens (tertiary/aromatic N) is 2. The third-order valence-electron chi connectivity index (χ3n) is 3.34. The molecular weight excluding hydrogens is 300 g/mol. The van der Waals surface area contributed by atoms with Crippen LogP contribution in [0.25, 0.3) is 0 Å². The van der Waals surface area contributed by atoms with E-state index in [1.165, 1.54) is 23.2 Å². The van der Waals surface area contributed by atoms with E-state index in [4.69, 9.17) is 0 Å². The molecule has 0 bridgehead atoms. The number of aryl methyl sites for hydroxylation is 1. The number of aromatic nitrogens is 1. The number of thiazole rings is 1. The van der Waals surface area contributed by atoms with Crippen LogP contribution >= 0.6 is 11.3 Å². The first-order valence-electron chi connectivity index (χ1n) is 6.94. The maximum atomic E-state index is 12.5. The van der Waals surface area contributed by atoms with Crippen molar-refractivity contribution in [2.24, 2.45) is 0 Å². The summed E-state index contributed by atoms with van der Waals surface area (Å²) in [7, 11) is 0. The van der Waals surface area contributed by atoms with Crippen molar-refractivity contribution >= 4 is 23.2 Å². The standard InChI is InChI=1S/C16H18N2O3S/c1-11(16(20)21)18(9-13-6-4-3-5-7-13)15(19)8-14-10-22-12(2)17-14/h3-7,10-11H,8-9H2,1-2H3,(H,20,21). The van der Waals surface area contributed by atoms with Crippen LogP contribution in [0.1, 0.15) is 23.2 Å². The molecule has 5 nitrogen and oxygen atoms in total. The van der Waals surface area contributed by atoms with Crippen LogP contribution in [0.4, 0.5) is 0 Å². The zero-order valence-corrected chi connectivity index (χ0v) is 13.3. The van der Waals surface area contributed by atoms with Crippen molar-refractivity contribution < 1.29 is 14.7 Å². The summed E-state index contributed by atoms with van der Waals surface area (Å²) in [5.74, 6) is -1.25. The molecule has 2 rings (SSSR count). The smallest absolute Gasteiger partial charge is 0.326 e. The predicted octanol–water partition coefficient (Wildman–Crippen LogP) is 2.50. The molecule has 1 atom stereocenters. The summed E-state index contributed by atoms with van der Waals surface area (Å²) >= 11 is 1.48. The second-order valence-corrected chi connectivity index (χ2v) is 6.12. The zero-order valence-electron chi connectivity index (χ0n) is 12.5. The van der Waals surface area contributed by atoms with Gasteiger partial charge in [-0.15, -0.1) is 11.3 Å².